The van der Waals surface area contributed by atoms with Crippen LogP contribution in [0.25, 0.3) is 11.2 Å². The lowest BCUT2D eigenvalue weighted by Crippen LogP contribution is -2.38. The van der Waals surface area contributed by atoms with Crippen molar-refractivity contribution in [1.29, 1.82) is 0 Å². The van der Waals surface area contributed by atoms with E-state index in [0.29, 0.717) is 17.4 Å². The number of amides is 1. The molecule has 140 valence electrons. The van der Waals surface area contributed by atoms with E-state index in [9.17, 15) is 9.18 Å². The minimum Gasteiger partial charge on any atom is -0.348 e. The number of imidazole rings is 1. The molecular weight excluding hydrogens is 347 g/mol. The molecule has 1 amide bonds. The monoisotopic (exact) mass is 368 g/mol. The van der Waals surface area contributed by atoms with Crippen LogP contribution in [0.5, 0.6) is 0 Å². The number of nitrogens with one attached hydrogen (secondary N) is 1. The highest BCUT2D eigenvalue weighted by Gasteiger charge is 2.27. The summed E-state index contributed by atoms with van der Waals surface area (Å²) in [4.78, 5) is 31.9. The highest BCUT2D eigenvalue weighted by molar-refractivity contribution is 5.87. The van der Waals surface area contributed by atoms with Crippen molar-refractivity contribution in [3.05, 3.63) is 48.3 Å². The van der Waals surface area contributed by atoms with Gasteiger partial charge in [-0.3, -0.25) is 4.79 Å². The van der Waals surface area contributed by atoms with E-state index in [1.807, 2.05) is 29.0 Å². The number of benzene rings is 1. The van der Waals surface area contributed by atoms with Gasteiger partial charge in [-0.25, -0.2) is 19.3 Å². The maximum Gasteiger partial charge on any atom is 0.242 e. The SMILES string of the molecule is CN(CC(=O)N1CC[C@H](Cc2ccc(F)cc2)C1)c1ncnc2nc[nH]c12. The number of halogens is 1. The molecule has 27 heavy (non-hydrogen) atoms. The maximum atomic E-state index is 13.0. The minimum atomic E-state index is -0.221. The van der Waals surface area contributed by atoms with Crippen molar-refractivity contribution >= 4 is 22.9 Å². The van der Waals surface area contributed by atoms with Crippen LogP contribution in [0.4, 0.5) is 10.2 Å². The molecule has 0 aliphatic carbocycles. The number of fused-ring (bicyclic) bond motifs is 1. The summed E-state index contributed by atoms with van der Waals surface area (Å²) in [6.45, 7) is 1.73. The second-order valence-corrected chi connectivity index (χ2v) is 6.98. The molecule has 1 aliphatic heterocycles. The Labute approximate surface area is 156 Å². The van der Waals surface area contributed by atoms with Crippen LogP contribution in [0.3, 0.4) is 0 Å². The summed E-state index contributed by atoms with van der Waals surface area (Å²) in [5.74, 6) is 0.919. The van der Waals surface area contributed by atoms with E-state index < -0.39 is 0 Å². The van der Waals surface area contributed by atoms with Crippen molar-refractivity contribution in [2.24, 2.45) is 5.92 Å². The van der Waals surface area contributed by atoms with Gasteiger partial charge in [0.1, 0.15) is 17.7 Å². The van der Waals surface area contributed by atoms with Gasteiger partial charge in [0.15, 0.2) is 11.5 Å². The summed E-state index contributed by atoms with van der Waals surface area (Å²) in [5.41, 5.74) is 2.42. The maximum absolute atomic E-state index is 13.0. The van der Waals surface area contributed by atoms with Crippen molar-refractivity contribution in [3.8, 4) is 0 Å². The Bertz CT molecular complexity index is 941. The number of rotatable bonds is 5. The van der Waals surface area contributed by atoms with Crippen LogP contribution in [-0.2, 0) is 11.2 Å². The third-order valence-electron chi connectivity index (χ3n) is 5.01. The third kappa shape index (κ3) is 3.74. The number of anilines is 1. The Morgan fingerprint density at radius 2 is 2.11 bits per heavy atom. The minimum absolute atomic E-state index is 0.0744. The molecule has 0 unspecified atom stereocenters. The average Bonchev–Trinajstić information content (AvgIpc) is 3.32. The summed E-state index contributed by atoms with van der Waals surface area (Å²) in [6.07, 6.45) is 4.85. The molecule has 1 saturated heterocycles. The molecule has 1 aromatic carbocycles. The Balaban J connectivity index is 1.36. The zero-order chi connectivity index (χ0) is 18.8. The fourth-order valence-corrected chi connectivity index (χ4v) is 3.60. The van der Waals surface area contributed by atoms with Gasteiger partial charge in [-0.2, -0.15) is 0 Å². The van der Waals surface area contributed by atoms with Crippen LogP contribution in [0.1, 0.15) is 12.0 Å². The Kier molecular flexibility index (Phi) is 4.70. The number of hydrogen-bond donors (Lipinski definition) is 1. The normalized spacial score (nSPS) is 16.8. The number of H-pyrrole nitrogens is 1. The number of carbonyl (C=O) groups excluding carboxylic acids is 1. The summed E-state index contributed by atoms with van der Waals surface area (Å²) in [6, 6.07) is 6.61. The topological polar surface area (TPSA) is 78.0 Å². The molecular formula is C19H21FN6O. The zero-order valence-electron chi connectivity index (χ0n) is 15.1. The molecule has 0 radical (unpaired) electrons. The lowest BCUT2D eigenvalue weighted by atomic mass is 9.99. The molecule has 8 heteroatoms. The second kappa shape index (κ2) is 7.30. The first-order chi connectivity index (χ1) is 13.1. The second-order valence-electron chi connectivity index (χ2n) is 6.98. The first-order valence-electron chi connectivity index (χ1n) is 8.97. The third-order valence-corrected chi connectivity index (χ3v) is 5.01. The summed E-state index contributed by atoms with van der Waals surface area (Å²) < 4.78 is 13.0. The van der Waals surface area contributed by atoms with Gasteiger partial charge in [0.25, 0.3) is 0 Å². The Hall–Kier alpha value is -3.03. The number of likely N-dealkylation sites (N-methyl/N-ethyl adjacent to an activating group) is 1. The van der Waals surface area contributed by atoms with E-state index in [-0.39, 0.29) is 18.3 Å². The Morgan fingerprint density at radius 3 is 2.93 bits per heavy atom. The molecule has 4 rings (SSSR count). The molecule has 3 heterocycles. The lowest BCUT2D eigenvalue weighted by Gasteiger charge is -2.22. The van der Waals surface area contributed by atoms with Gasteiger partial charge in [0.05, 0.1) is 12.9 Å². The average molecular weight is 368 g/mol. The van der Waals surface area contributed by atoms with Gasteiger partial charge in [0, 0.05) is 20.1 Å². The highest BCUT2D eigenvalue weighted by Crippen LogP contribution is 2.22. The van der Waals surface area contributed by atoms with E-state index >= 15 is 0 Å². The van der Waals surface area contributed by atoms with Crippen LogP contribution in [0.15, 0.2) is 36.9 Å². The highest BCUT2D eigenvalue weighted by atomic mass is 19.1. The van der Waals surface area contributed by atoms with E-state index in [0.717, 1.165) is 37.0 Å². The van der Waals surface area contributed by atoms with Crippen LogP contribution in [0.2, 0.25) is 0 Å². The van der Waals surface area contributed by atoms with Gasteiger partial charge in [-0.1, -0.05) is 12.1 Å². The van der Waals surface area contributed by atoms with E-state index in [1.54, 1.807) is 6.33 Å². The van der Waals surface area contributed by atoms with Gasteiger partial charge in [-0.05, 0) is 36.5 Å². The van der Waals surface area contributed by atoms with Gasteiger partial charge in [-0.15, -0.1) is 0 Å². The number of carbonyl (C=O) groups is 1. The van der Waals surface area contributed by atoms with Crippen LogP contribution in [0, 0.1) is 11.7 Å². The standard InChI is InChI=1S/C19H21FN6O/c1-25(19-17-18(22-11-21-17)23-12-24-19)10-16(27)26-7-6-14(9-26)8-13-2-4-15(20)5-3-13/h2-5,11-12,14H,6-10H2,1H3,(H,21,22,23,24)/t14-/m1/s1. The first-order valence-corrected chi connectivity index (χ1v) is 8.97. The molecule has 1 atom stereocenters. The fourth-order valence-electron chi connectivity index (χ4n) is 3.60. The van der Waals surface area contributed by atoms with Crippen molar-refractivity contribution in [2.75, 3.05) is 31.6 Å². The van der Waals surface area contributed by atoms with Crippen LogP contribution < -0.4 is 4.90 Å². The van der Waals surface area contributed by atoms with E-state index in [4.69, 9.17) is 0 Å². The number of aromatic nitrogens is 4. The molecule has 0 saturated carbocycles. The van der Waals surface area contributed by atoms with Gasteiger partial charge in [0.2, 0.25) is 5.91 Å². The fraction of sp³-hybridized carbons (Fsp3) is 0.368. The molecule has 0 spiro atoms. The van der Waals surface area contributed by atoms with Gasteiger partial charge < -0.3 is 14.8 Å². The van der Waals surface area contributed by atoms with Crippen molar-refractivity contribution in [3.63, 3.8) is 0 Å². The summed E-state index contributed by atoms with van der Waals surface area (Å²) in [7, 11) is 1.84. The molecule has 1 N–H and O–H groups in total. The van der Waals surface area contributed by atoms with Crippen LogP contribution >= 0.6 is 0 Å². The first kappa shape index (κ1) is 17.4. The van der Waals surface area contributed by atoms with Gasteiger partial charge >= 0.3 is 0 Å². The van der Waals surface area contributed by atoms with Crippen molar-refractivity contribution < 1.29 is 9.18 Å². The van der Waals surface area contributed by atoms with E-state index in [2.05, 4.69) is 19.9 Å². The lowest BCUT2D eigenvalue weighted by molar-refractivity contribution is -0.128. The number of hydrogen-bond acceptors (Lipinski definition) is 5. The van der Waals surface area contributed by atoms with Crippen LogP contribution in [-0.4, -0.2) is 57.4 Å². The predicted molar refractivity (Wildman–Crippen MR) is 99.7 cm³/mol. The molecule has 2 aromatic heterocycles. The largest absolute Gasteiger partial charge is 0.348 e. The smallest absolute Gasteiger partial charge is 0.242 e. The Morgan fingerprint density at radius 1 is 1.30 bits per heavy atom. The predicted octanol–water partition coefficient (Wildman–Crippen LogP) is 2.02. The molecule has 1 fully saturated rings. The molecule has 1 aliphatic rings. The van der Waals surface area contributed by atoms with Crippen molar-refractivity contribution in [2.45, 2.75) is 12.8 Å². The summed E-state index contributed by atoms with van der Waals surface area (Å²) >= 11 is 0. The quantitative estimate of drug-likeness (QED) is 0.745. The molecule has 3 aromatic rings. The van der Waals surface area contributed by atoms with Crippen molar-refractivity contribution in [1.82, 2.24) is 24.8 Å². The molecule has 0 bridgehead atoms. The molecule has 7 nitrogen and oxygen atoms in total. The summed E-state index contributed by atoms with van der Waals surface area (Å²) in [5, 5.41) is 0. The van der Waals surface area contributed by atoms with E-state index in [1.165, 1.54) is 18.5 Å². The number of aromatic amines is 1. The zero-order valence-corrected chi connectivity index (χ0v) is 15.1. The number of nitrogens with zero attached hydrogens (tertiary/aromatic N) is 5. The number of likely N-dealkylation sites (tertiary alicyclic amines) is 1.